The van der Waals surface area contributed by atoms with Gasteiger partial charge in [-0.25, -0.2) is 0 Å². The third kappa shape index (κ3) is 5.38. The van der Waals surface area contributed by atoms with Crippen LogP contribution in [0.3, 0.4) is 0 Å². The van der Waals surface area contributed by atoms with Gasteiger partial charge in [-0.15, -0.1) is 0 Å². The Hall–Kier alpha value is -0.570. The van der Waals surface area contributed by atoms with E-state index in [9.17, 15) is 4.79 Å². The van der Waals surface area contributed by atoms with Gasteiger partial charge in [-0.1, -0.05) is 52.4 Å². The van der Waals surface area contributed by atoms with Crippen molar-refractivity contribution in [2.24, 2.45) is 11.8 Å². The lowest BCUT2D eigenvalue weighted by Gasteiger charge is -2.14. The summed E-state index contributed by atoms with van der Waals surface area (Å²) < 4.78 is 0. The topological polar surface area (TPSA) is 40.5 Å². The molecule has 1 aliphatic heterocycles. The molecule has 0 saturated carbocycles. The van der Waals surface area contributed by atoms with E-state index in [4.69, 9.17) is 5.11 Å². The second-order valence-corrected chi connectivity index (χ2v) is 5.80. The van der Waals surface area contributed by atoms with Gasteiger partial charge in [0, 0.05) is 13.1 Å². The first kappa shape index (κ1) is 15.5. The van der Waals surface area contributed by atoms with Crippen molar-refractivity contribution in [3.05, 3.63) is 0 Å². The molecule has 0 aromatic rings. The Morgan fingerprint density at radius 3 is 2.28 bits per heavy atom. The van der Waals surface area contributed by atoms with E-state index in [2.05, 4.69) is 18.7 Å². The molecule has 1 rings (SSSR count). The van der Waals surface area contributed by atoms with E-state index >= 15 is 0 Å². The quantitative estimate of drug-likeness (QED) is 0.642. The van der Waals surface area contributed by atoms with Crippen LogP contribution >= 0.6 is 0 Å². The average Bonchev–Trinajstić information content (AvgIpc) is 2.69. The highest BCUT2D eigenvalue weighted by Gasteiger charge is 2.33. The van der Waals surface area contributed by atoms with Crippen molar-refractivity contribution >= 4 is 5.97 Å². The van der Waals surface area contributed by atoms with Crippen LogP contribution in [0.1, 0.15) is 58.8 Å². The van der Waals surface area contributed by atoms with E-state index in [1.54, 1.807) is 0 Å². The van der Waals surface area contributed by atoms with Gasteiger partial charge in [0.2, 0.25) is 0 Å². The molecule has 3 heteroatoms. The summed E-state index contributed by atoms with van der Waals surface area (Å²) in [4.78, 5) is 13.3. The maximum atomic E-state index is 11.0. The number of aliphatic carboxylic acids is 1. The average molecular weight is 255 g/mol. The van der Waals surface area contributed by atoms with Crippen molar-refractivity contribution in [3.63, 3.8) is 0 Å². The molecular weight excluding hydrogens is 226 g/mol. The molecule has 0 aromatic carbocycles. The van der Waals surface area contributed by atoms with Gasteiger partial charge in [0.15, 0.2) is 0 Å². The molecule has 0 bridgehead atoms. The van der Waals surface area contributed by atoms with Gasteiger partial charge >= 0.3 is 5.97 Å². The Bertz CT molecular complexity index is 243. The molecule has 2 atom stereocenters. The van der Waals surface area contributed by atoms with Gasteiger partial charge in [0.05, 0.1) is 5.92 Å². The van der Waals surface area contributed by atoms with E-state index < -0.39 is 5.97 Å². The third-order valence-corrected chi connectivity index (χ3v) is 4.08. The molecule has 0 aliphatic carbocycles. The molecule has 1 saturated heterocycles. The molecule has 0 spiro atoms. The fourth-order valence-corrected chi connectivity index (χ4v) is 2.86. The van der Waals surface area contributed by atoms with Crippen LogP contribution in [0.15, 0.2) is 0 Å². The van der Waals surface area contributed by atoms with Gasteiger partial charge in [-0.3, -0.25) is 4.79 Å². The molecule has 18 heavy (non-hydrogen) atoms. The van der Waals surface area contributed by atoms with Crippen molar-refractivity contribution in [2.45, 2.75) is 58.8 Å². The summed E-state index contributed by atoms with van der Waals surface area (Å²) in [5.74, 6) is -0.453. The van der Waals surface area contributed by atoms with Crippen molar-refractivity contribution in [1.82, 2.24) is 4.90 Å². The Balaban J connectivity index is 2.02. The van der Waals surface area contributed by atoms with Crippen LogP contribution in [-0.4, -0.2) is 35.6 Å². The zero-order chi connectivity index (χ0) is 13.4. The molecule has 0 unspecified atom stereocenters. The zero-order valence-electron chi connectivity index (χ0n) is 12.0. The molecule has 106 valence electrons. The highest BCUT2D eigenvalue weighted by molar-refractivity contribution is 5.71. The standard InChI is InChI=1S/C15H29NO2/c1-3-4-5-6-7-8-9-10-16-11-13(2)14(12-16)15(17)18/h13-14H,3-12H2,1-2H3,(H,17,18)/t13-,14-/m1/s1. The van der Waals surface area contributed by atoms with E-state index in [0.29, 0.717) is 5.92 Å². The van der Waals surface area contributed by atoms with E-state index in [1.807, 2.05) is 0 Å². The number of likely N-dealkylation sites (tertiary alicyclic amines) is 1. The minimum Gasteiger partial charge on any atom is -0.481 e. The number of unbranched alkanes of at least 4 members (excludes halogenated alkanes) is 6. The van der Waals surface area contributed by atoms with Gasteiger partial charge in [0.1, 0.15) is 0 Å². The number of carbonyl (C=O) groups is 1. The first-order chi connectivity index (χ1) is 8.65. The monoisotopic (exact) mass is 255 g/mol. The molecule has 0 radical (unpaired) electrons. The minimum atomic E-state index is -0.621. The first-order valence-electron chi connectivity index (χ1n) is 7.60. The maximum absolute atomic E-state index is 11.0. The number of carboxylic acids is 1. The fraction of sp³-hybridized carbons (Fsp3) is 0.933. The third-order valence-electron chi connectivity index (χ3n) is 4.08. The molecule has 1 fully saturated rings. The number of rotatable bonds is 9. The normalized spacial score (nSPS) is 24.6. The van der Waals surface area contributed by atoms with E-state index in [0.717, 1.165) is 19.6 Å². The van der Waals surface area contributed by atoms with Crippen LogP contribution in [0.4, 0.5) is 0 Å². The molecule has 1 aliphatic rings. The van der Waals surface area contributed by atoms with Crippen molar-refractivity contribution < 1.29 is 9.90 Å². The number of hydrogen-bond acceptors (Lipinski definition) is 2. The second kappa shape index (κ2) is 8.52. The maximum Gasteiger partial charge on any atom is 0.308 e. The Kier molecular flexibility index (Phi) is 7.33. The number of carboxylic acid groups (broad SMARTS) is 1. The molecular formula is C15H29NO2. The molecule has 1 heterocycles. The SMILES string of the molecule is CCCCCCCCCN1C[C@@H](C)[C@H](C(=O)O)C1. The summed E-state index contributed by atoms with van der Waals surface area (Å²) in [5.41, 5.74) is 0. The van der Waals surface area contributed by atoms with Crippen molar-refractivity contribution in [1.29, 1.82) is 0 Å². The van der Waals surface area contributed by atoms with E-state index in [-0.39, 0.29) is 5.92 Å². The van der Waals surface area contributed by atoms with E-state index in [1.165, 1.54) is 44.9 Å². The predicted octanol–water partition coefficient (Wildman–Crippen LogP) is 3.39. The highest BCUT2D eigenvalue weighted by atomic mass is 16.4. The lowest BCUT2D eigenvalue weighted by molar-refractivity contribution is -0.142. The molecule has 0 aromatic heterocycles. The Labute approximate surface area is 112 Å². The summed E-state index contributed by atoms with van der Waals surface area (Å²) in [7, 11) is 0. The Morgan fingerprint density at radius 1 is 1.11 bits per heavy atom. The van der Waals surface area contributed by atoms with Gasteiger partial charge in [-0.05, 0) is 18.9 Å². The first-order valence-corrected chi connectivity index (χ1v) is 7.60. The van der Waals surface area contributed by atoms with Crippen LogP contribution in [0.2, 0.25) is 0 Å². The van der Waals surface area contributed by atoms with Gasteiger partial charge in [0.25, 0.3) is 0 Å². The van der Waals surface area contributed by atoms with Crippen LogP contribution in [0.25, 0.3) is 0 Å². The lowest BCUT2D eigenvalue weighted by atomic mass is 9.99. The second-order valence-electron chi connectivity index (χ2n) is 5.80. The van der Waals surface area contributed by atoms with Crippen molar-refractivity contribution in [2.75, 3.05) is 19.6 Å². The van der Waals surface area contributed by atoms with Crippen LogP contribution in [0, 0.1) is 11.8 Å². The van der Waals surface area contributed by atoms with Crippen LogP contribution < -0.4 is 0 Å². The minimum absolute atomic E-state index is 0.144. The zero-order valence-corrected chi connectivity index (χ0v) is 12.0. The predicted molar refractivity (Wildman–Crippen MR) is 74.7 cm³/mol. The summed E-state index contributed by atoms with van der Waals surface area (Å²) in [6.45, 7) is 7.11. The fourth-order valence-electron chi connectivity index (χ4n) is 2.86. The number of hydrogen-bond donors (Lipinski definition) is 1. The highest BCUT2D eigenvalue weighted by Crippen LogP contribution is 2.23. The van der Waals surface area contributed by atoms with Gasteiger partial charge in [-0.2, -0.15) is 0 Å². The lowest BCUT2D eigenvalue weighted by Crippen LogP contribution is -2.24. The summed E-state index contributed by atoms with van der Waals surface area (Å²) >= 11 is 0. The molecule has 0 amide bonds. The molecule has 3 nitrogen and oxygen atoms in total. The smallest absolute Gasteiger partial charge is 0.308 e. The van der Waals surface area contributed by atoms with Crippen molar-refractivity contribution in [3.8, 4) is 0 Å². The van der Waals surface area contributed by atoms with Crippen LogP contribution in [-0.2, 0) is 4.79 Å². The molecule has 1 N–H and O–H groups in total. The summed E-state index contributed by atoms with van der Waals surface area (Å²) in [5, 5.41) is 9.07. The summed E-state index contributed by atoms with van der Waals surface area (Å²) in [6.07, 6.45) is 9.27. The Morgan fingerprint density at radius 2 is 1.72 bits per heavy atom. The number of nitrogens with zero attached hydrogens (tertiary/aromatic N) is 1. The van der Waals surface area contributed by atoms with Crippen LogP contribution in [0.5, 0.6) is 0 Å². The largest absolute Gasteiger partial charge is 0.481 e. The summed E-state index contributed by atoms with van der Waals surface area (Å²) in [6, 6.07) is 0. The van der Waals surface area contributed by atoms with Gasteiger partial charge < -0.3 is 10.0 Å².